The molecule has 0 radical (unpaired) electrons. The van der Waals surface area contributed by atoms with Crippen molar-refractivity contribution < 1.29 is 28.7 Å². The highest BCUT2D eigenvalue weighted by Gasteiger charge is 2.48. The number of nitrogens with zero attached hydrogens (tertiary/aromatic N) is 1. The second kappa shape index (κ2) is 8.85. The van der Waals surface area contributed by atoms with E-state index in [1.807, 2.05) is 0 Å². The molecule has 2 fully saturated rings. The number of carbonyl (C=O) groups excluding carboxylic acids is 5. The first kappa shape index (κ1) is 20.5. The van der Waals surface area contributed by atoms with E-state index in [2.05, 4.69) is 10.9 Å². The number of hydrazine groups is 1. The van der Waals surface area contributed by atoms with E-state index in [4.69, 9.17) is 4.74 Å². The minimum absolute atomic E-state index is 0.344. The van der Waals surface area contributed by atoms with Crippen molar-refractivity contribution in [2.45, 2.75) is 38.7 Å². The number of hydrogen-bond donors (Lipinski definition) is 2. The van der Waals surface area contributed by atoms with Crippen LogP contribution in [0.4, 0.5) is 0 Å². The van der Waals surface area contributed by atoms with E-state index >= 15 is 0 Å². The third-order valence-electron chi connectivity index (χ3n) is 5.23. The van der Waals surface area contributed by atoms with Gasteiger partial charge in [0.05, 0.1) is 11.8 Å². The van der Waals surface area contributed by atoms with Gasteiger partial charge in [0.1, 0.15) is 6.54 Å². The number of amides is 4. The third kappa shape index (κ3) is 4.61. The van der Waals surface area contributed by atoms with Crippen LogP contribution in [0.15, 0.2) is 30.3 Å². The van der Waals surface area contributed by atoms with Gasteiger partial charge in [-0.25, -0.2) is 0 Å². The van der Waals surface area contributed by atoms with Crippen LogP contribution in [0.5, 0.6) is 0 Å². The van der Waals surface area contributed by atoms with E-state index in [0.29, 0.717) is 18.4 Å². The van der Waals surface area contributed by atoms with Crippen LogP contribution >= 0.6 is 0 Å². The monoisotopic (exact) mass is 401 g/mol. The number of esters is 1. The normalized spacial score (nSPS) is 21.9. The van der Waals surface area contributed by atoms with E-state index in [9.17, 15) is 24.0 Å². The SMILES string of the molecule is C[C@@H](OC(=O)CN1C(=O)[C@H]2CCCC[C@H]2C1=O)C(=O)NNC(=O)c1ccccc1. The number of carbonyl (C=O) groups is 5. The lowest BCUT2D eigenvalue weighted by molar-refractivity contribution is -0.159. The summed E-state index contributed by atoms with van der Waals surface area (Å²) in [5, 5.41) is 0. The molecule has 1 heterocycles. The molecular weight excluding hydrogens is 378 g/mol. The summed E-state index contributed by atoms with van der Waals surface area (Å²) >= 11 is 0. The van der Waals surface area contributed by atoms with E-state index < -0.39 is 30.4 Å². The summed E-state index contributed by atoms with van der Waals surface area (Å²) in [6.45, 7) is 0.813. The van der Waals surface area contributed by atoms with Crippen molar-refractivity contribution in [1.29, 1.82) is 0 Å². The molecule has 9 nitrogen and oxygen atoms in total. The predicted octanol–water partition coefficient (Wildman–Crippen LogP) is 0.555. The Morgan fingerprint density at radius 1 is 1.03 bits per heavy atom. The van der Waals surface area contributed by atoms with Crippen molar-refractivity contribution in [1.82, 2.24) is 15.8 Å². The molecule has 3 rings (SSSR count). The maximum atomic E-state index is 12.4. The van der Waals surface area contributed by atoms with Crippen LogP contribution in [0.3, 0.4) is 0 Å². The van der Waals surface area contributed by atoms with Crippen molar-refractivity contribution in [3.8, 4) is 0 Å². The van der Waals surface area contributed by atoms with Crippen LogP contribution < -0.4 is 10.9 Å². The topological polar surface area (TPSA) is 122 Å². The summed E-state index contributed by atoms with van der Waals surface area (Å²) in [5.74, 6) is -3.50. The van der Waals surface area contributed by atoms with Crippen molar-refractivity contribution in [2.24, 2.45) is 11.8 Å². The molecule has 29 heavy (non-hydrogen) atoms. The second-order valence-corrected chi connectivity index (χ2v) is 7.20. The zero-order valence-electron chi connectivity index (χ0n) is 16.1. The summed E-state index contributed by atoms with van der Waals surface area (Å²) in [5.41, 5.74) is 4.75. The van der Waals surface area contributed by atoms with Gasteiger partial charge in [-0.3, -0.25) is 39.7 Å². The molecular formula is C20H23N3O6. The summed E-state index contributed by atoms with van der Waals surface area (Å²) in [7, 11) is 0. The van der Waals surface area contributed by atoms with E-state index in [1.54, 1.807) is 30.3 Å². The number of likely N-dealkylation sites (tertiary alicyclic amines) is 1. The molecule has 0 unspecified atom stereocenters. The zero-order chi connectivity index (χ0) is 21.0. The Morgan fingerprint density at radius 3 is 2.21 bits per heavy atom. The minimum Gasteiger partial charge on any atom is -0.451 e. The van der Waals surface area contributed by atoms with Gasteiger partial charge in [0, 0.05) is 5.56 Å². The second-order valence-electron chi connectivity index (χ2n) is 7.20. The van der Waals surface area contributed by atoms with Crippen LogP contribution in [0.1, 0.15) is 43.0 Å². The summed E-state index contributed by atoms with van der Waals surface area (Å²) in [6.07, 6.45) is 1.88. The van der Waals surface area contributed by atoms with Crippen LogP contribution in [0.2, 0.25) is 0 Å². The Labute approximate surface area is 167 Å². The third-order valence-corrected chi connectivity index (χ3v) is 5.23. The van der Waals surface area contributed by atoms with E-state index in [0.717, 1.165) is 17.7 Å². The molecule has 2 N–H and O–H groups in total. The average molecular weight is 401 g/mol. The summed E-state index contributed by atoms with van der Waals surface area (Å²) in [4.78, 5) is 61.8. The quantitative estimate of drug-likeness (QED) is 0.422. The molecule has 0 aromatic heterocycles. The van der Waals surface area contributed by atoms with Crippen molar-refractivity contribution in [2.75, 3.05) is 6.54 Å². The Kier molecular flexibility index (Phi) is 6.26. The first-order valence-corrected chi connectivity index (χ1v) is 9.58. The number of fused-ring (bicyclic) bond motifs is 1. The Morgan fingerprint density at radius 2 is 1.62 bits per heavy atom. The van der Waals surface area contributed by atoms with Gasteiger partial charge in [0.25, 0.3) is 11.8 Å². The van der Waals surface area contributed by atoms with E-state index in [-0.39, 0.29) is 23.7 Å². The molecule has 1 aliphatic carbocycles. The lowest BCUT2D eigenvalue weighted by atomic mass is 9.81. The van der Waals surface area contributed by atoms with Crippen molar-refractivity contribution in [3.63, 3.8) is 0 Å². The number of hydrogen-bond acceptors (Lipinski definition) is 6. The number of nitrogens with one attached hydrogen (secondary N) is 2. The Balaban J connectivity index is 1.47. The highest BCUT2D eigenvalue weighted by molar-refractivity contribution is 6.07. The molecule has 9 heteroatoms. The molecule has 1 saturated carbocycles. The fourth-order valence-electron chi connectivity index (χ4n) is 3.69. The number of imide groups is 1. The number of ether oxygens (including phenoxy) is 1. The standard InChI is InChI=1S/C20H23N3O6/c1-12(17(25)21-22-18(26)13-7-3-2-4-8-13)29-16(24)11-23-19(27)14-9-5-6-10-15(14)20(23)28/h2-4,7-8,12,14-15H,5-6,9-11H2,1H3,(H,21,25)(H,22,26)/t12-,14-,15+/m1/s1. The smallest absolute Gasteiger partial charge is 0.326 e. The highest BCUT2D eigenvalue weighted by atomic mass is 16.5. The first-order valence-electron chi connectivity index (χ1n) is 9.58. The average Bonchev–Trinajstić information content (AvgIpc) is 2.97. The fourth-order valence-corrected chi connectivity index (χ4v) is 3.69. The Hall–Kier alpha value is -3.23. The molecule has 154 valence electrons. The van der Waals surface area contributed by atoms with E-state index in [1.165, 1.54) is 6.92 Å². The number of rotatable bonds is 5. The molecule has 1 saturated heterocycles. The molecule has 1 aromatic carbocycles. The molecule has 4 amide bonds. The highest BCUT2D eigenvalue weighted by Crippen LogP contribution is 2.37. The van der Waals surface area contributed by atoms with Gasteiger partial charge < -0.3 is 4.74 Å². The fraction of sp³-hybridized carbons (Fsp3) is 0.450. The zero-order valence-corrected chi connectivity index (χ0v) is 16.1. The van der Waals surface area contributed by atoms with Crippen LogP contribution in [-0.4, -0.2) is 47.1 Å². The number of benzene rings is 1. The van der Waals surface area contributed by atoms with Gasteiger partial charge in [0.2, 0.25) is 11.8 Å². The molecule has 1 aliphatic heterocycles. The summed E-state index contributed by atoms with van der Waals surface area (Å²) < 4.78 is 5.01. The van der Waals surface area contributed by atoms with Gasteiger partial charge in [-0.1, -0.05) is 31.0 Å². The van der Waals surface area contributed by atoms with Crippen LogP contribution in [0, 0.1) is 11.8 Å². The predicted molar refractivity (Wildman–Crippen MR) is 99.8 cm³/mol. The minimum atomic E-state index is -1.21. The lowest BCUT2D eigenvalue weighted by Gasteiger charge is -2.19. The lowest BCUT2D eigenvalue weighted by Crippen LogP contribution is -2.47. The molecule has 1 aromatic rings. The molecule has 0 bridgehead atoms. The van der Waals surface area contributed by atoms with Gasteiger partial charge in [-0.15, -0.1) is 0 Å². The van der Waals surface area contributed by atoms with Crippen molar-refractivity contribution >= 4 is 29.6 Å². The molecule has 2 aliphatic rings. The Bertz CT molecular complexity index is 801. The maximum absolute atomic E-state index is 12.4. The largest absolute Gasteiger partial charge is 0.451 e. The van der Waals surface area contributed by atoms with Gasteiger partial charge in [-0.05, 0) is 31.9 Å². The summed E-state index contributed by atoms with van der Waals surface area (Å²) in [6, 6.07) is 8.26. The molecule has 0 spiro atoms. The van der Waals surface area contributed by atoms with Gasteiger partial charge in [0.15, 0.2) is 6.10 Å². The first-order chi connectivity index (χ1) is 13.9. The van der Waals surface area contributed by atoms with Crippen molar-refractivity contribution in [3.05, 3.63) is 35.9 Å². The molecule has 3 atom stereocenters. The van der Waals surface area contributed by atoms with Gasteiger partial charge in [-0.2, -0.15) is 0 Å². The van der Waals surface area contributed by atoms with Gasteiger partial charge >= 0.3 is 5.97 Å². The van der Waals surface area contributed by atoms with Crippen LogP contribution in [-0.2, 0) is 23.9 Å². The maximum Gasteiger partial charge on any atom is 0.326 e. The van der Waals surface area contributed by atoms with Crippen LogP contribution in [0.25, 0.3) is 0 Å².